The van der Waals surface area contributed by atoms with Crippen molar-refractivity contribution >= 4 is 35.1 Å². The van der Waals surface area contributed by atoms with E-state index in [1.54, 1.807) is 18.9 Å². The molecule has 3 aromatic carbocycles. The number of carbonyl (C=O) groups excluding carboxylic acids is 1. The Balaban J connectivity index is 1.68. The molecule has 1 amide bonds. The van der Waals surface area contributed by atoms with Gasteiger partial charge in [0.1, 0.15) is 5.75 Å². The van der Waals surface area contributed by atoms with E-state index in [0.717, 1.165) is 27.4 Å². The predicted molar refractivity (Wildman–Crippen MR) is 140 cm³/mol. The Bertz CT molecular complexity index is 1290. The van der Waals surface area contributed by atoms with Gasteiger partial charge in [-0.1, -0.05) is 53.7 Å². The summed E-state index contributed by atoms with van der Waals surface area (Å²) in [6.07, 6.45) is 1.99. The second-order valence-corrected chi connectivity index (χ2v) is 9.78. The molecule has 4 rings (SSSR count). The highest BCUT2D eigenvalue weighted by molar-refractivity contribution is 8.00. The van der Waals surface area contributed by atoms with Gasteiger partial charge in [0.25, 0.3) is 0 Å². The van der Waals surface area contributed by atoms with E-state index in [1.807, 2.05) is 97.5 Å². The lowest BCUT2D eigenvalue weighted by molar-refractivity contribution is -0.115. The Morgan fingerprint density at radius 1 is 1.00 bits per heavy atom. The maximum atomic E-state index is 13.0. The minimum Gasteiger partial charge on any atom is -0.496 e. The number of hydrogen-bond acceptors (Lipinski definition) is 6. The molecule has 0 aliphatic heterocycles. The maximum Gasteiger partial charge on any atom is 0.237 e. The quantitative estimate of drug-likeness (QED) is 0.301. The molecule has 0 saturated carbocycles. The number of methoxy groups -OCH3 is 1. The average molecular weight is 491 g/mol. The van der Waals surface area contributed by atoms with Gasteiger partial charge in [0.2, 0.25) is 5.91 Å². The predicted octanol–water partition coefficient (Wildman–Crippen LogP) is 6.09. The second kappa shape index (κ2) is 10.8. The monoisotopic (exact) mass is 490 g/mol. The van der Waals surface area contributed by atoms with Gasteiger partial charge in [0.15, 0.2) is 11.0 Å². The van der Waals surface area contributed by atoms with Crippen LogP contribution in [0.1, 0.15) is 12.5 Å². The van der Waals surface area contributed by atoms with Crippen LogP contribution in [0.2, 0.25) is 0 Å². The number of benzene rings is 3. The number of ether oxygens (including phenoxy) is 1. The summed E-state index contributed by atoms with van der Waals surface area (Å²) in [4.78, 5) is 14.1. The number of nitrogens with zero attached hydrogens (tertiary/aromatic N) is 3. The van der Waals surface area contributed by atoms with E-state index in [4.69, 9.17) is 4.74 Å². The molecule has 34 heavy (non-hydrogen) atoms. The molecular weight excluding hydrogens is 464 g/mol. The summed E-state index contributed by atoms with van der Waals surface area (Å²) >= 11 is 2.97. The van der Waals surface area contributed by atoms with E-state index < -0.39 is 5.25 Å². The molecule has 0 bridgehead atoms. The van der Waals surface area contributed by atoms with Gasteiger partial charge in [-0.05, 0) is 56.5 Å². The molecule has 0 fully saturated rings. The fourth-order valence-electron chi connectivity index (χ4n) is 3.47. The van der Waals surface area contributed by atoms with Crippen molar-refractivity contribution in [2.75, 3.05) is 18.7 Å². The first kappa shape index (κ1) is 23.9. The zero-order valence-electron chi connectivity index (χ0n) is 19.5. The molecule has 8 heteroatoms. The van der Waals surface area contributed by atoms with E-state index in [9.17, 15) is 4.79 Å². The van der Waals surface area contributed by atoms with Crippen molar-refractivity contribution in [2.24, 2.45) is 0 Å². The van der Waals surface area contributed by atoms with Crippen molar-refractivity contribution in [3.63, 3.8) is 0 Å². The Morgan fingerprint density at radius 3 is 2.44 bits per heavy atom. The van der Waals surface area contributed by atoms with Crippen molar-refractivity contribution in [1.82, 2.24) is 14.8 Å². The largest absolute Gasteiger partial charge is 0.496 e. The summed E-state index contributed by atoms with van der Waals surface area (Å²) in [5, 5.41) is 12.2. The average Bonchev–Trinajstić information content (AvgIpc) is 3.27. The first-order chi connectivity index (χ1) is 16.5. The molecule has 0 aliphatic carbocycles. The summed E-state index contributed by atoms with van der Waals surface area (Å²) in [5.41, 5.74) is 3.71. The third-order valence-electron chi connectivity index (χ3n) is 5.29. The Labute approximate surface area is 208 Å². The van der Waals surface area contributed by atoms with E-state index in [0.29, 0.717) is 16.7 Å². The van der Waals surface area contributed by atoms with Crippen molar-refractivity contribution in [2.45, 2.75) is 29.1 Å². The smallest absolute Gasteiger partial charge is 0.237 e. The number of rotatable bonds is 8. The zero-order chi connectivity index (χ0) is 24.1. The van der Waals surface area contributed by atoms with Crippen molar-refractivity contribution in [1.29, 1.82) is 0 Å². The molecule has 1 heterocycles. The molecule has 1 N–H and O–H groups in total. The Hall–Kier alpha value is -3.23. The number of hydrogen-bond donors (Lipinski definition) is 1. The third kappa shape index (κ3) is 5.13. The fraction of sp³-hybridized carbons (Fsp3) is 0.192. The van der Waals surface area contributed by atoms with Crippen LogP contribution in [0.4, 0.5) is 5.69 Å². The Kier molecular flexibility index (Phi) is 7.59. The molecule has 0 saturated heterocycles. The molecule has 174 valence electrons. The second-order valence-electron chi connectivity index (χ2n) is 7.63. The normalized spacial score (nSPS) is 11.8. The first-order valence-corrected chi connectivity index (χ1v) is 12.9. The first-order valence-electron chi connectivity index (χ1n) is 10.8. The van der Waals surface area contributed by atoms with E-state index in [-0.39, 0.29) is 5.91 Å². The minimum absolute atomic E-state index is 0.0937. The van der Waals surface area contributed by atoms with Gasteiger partial charge in [0.05, 0.1) is 23.6 Å². The number of aromatic nitrogens is 3. The topological polar surface area (TPSA) is 69.0 Å². The van der Waals surface area contributed by atoms with Gasteiger partial charge >= 0.3 is 0 Å². The van der Waals surface area contributed by atoms with Crippen molar-refractivity contribution < 1.29 is 9.53 Å². The van der Waals surface area contributed by atoms with Crippen LogP contribution >= 0.6 is 23.5 Å². The summed E-state index contributed by atoms with van der Waals surface area (Å²) in [5.74, 6) is 1.27. The van der Waals surface area contributed by atoms with Crippen molar-refractivity contribution in [3.8, 4) is 22.8 Å². The molecular formula is C26H26N4O2S2. The summed E-state index contributed by atoms with van der Waals surface area (Å²) in [6, 6.07) is 23.7. The number of nitrogens with one attached hydrogen (secondary N) is 1. The van der Waals surface area contributed by atoms with Gasteiger partial charge in [-0.3, -0.25) is 9.36 Å². The zero-order valence-corrected chi connectivity index (χ0v) is 21.1. The molecule has 0 radical (unpaired) electrons. The SMILES string of the molecule is COc1ccccc1-c1nnc(SC(C)C(=O)Nc2ccccc2SC)n1-c1ccc(C)cc1. The molecule has 1 aromatic heterocycles. The van der Waals surface area contributed by atoms with Gasteiger partial charge in [-0.2, -0.15) is 0 Å². The van der Waals surface area contributed by atoms with Crippen LogP contribution in [0.15, 0.2) is 82.8 Å². The number of carbonyl (C=O) groups is 1. The highest BCUT2D eigenvalue weighted by Gasteiger charge is 2.23. The van der Waals surface area contributed by atoms with E-state index in [2.05, 4.69) is 15.5 Å². The van der Waals surface area contributed by atoms with Gasteiger partial charge in [0, 0.05) is 10.6 Å². The number of para-hydroxylation sites is 2. The molecule has 1 unspecified atom stereocenters. The van der Waals surface area contributed by atoms with Crippen LogP contribution in [0.3, 0.4) is 0 Å². The van der Waals surface area contributed by atoms with Crippen LogP contribution in [-0.4, -0.2) is 39.3 Å². The standard InChI is InChI=1S/C26H26N4O2S2/c1-17-13-15-19(16-14-17)30-24(20-9-5-7-11-22(20)32-3)28-29-26(30)34-18(2)25(31)27-21-10-6-8-12-23(21)33-4/h5-16,18H,1-4H3,(H,27,31). The number of amides is 1. The molecule has 0 aliphatic rings. The molecule has 1 atom stereocenters. The summed E-state index contributed by atoms with van der Waals surface area (Å²) < 4.78 is 7.55. The summed E-state index contributed by atoms with van der Waals surface area (Å²) in [6.45, 7) is 3.92. The molecule has 6 nitrogen and oxygen atoms in total. The number of aryl methyl sites for hydroxylation is 1. The Morgan fingerprint density at radius 2 is 1.71 bits per heavy atom. The van der Waals surface area contributed by atoms with Crippen molar-refractivity contribution in [3.05, 3.63) is 78.4 Å². The highest BCUT2D eigenvalue weighted by atomic mass is 32.2. The lowest BCUT2D eigenvalue weighted by Crippen LogP contribution is -2.23. The van der Waals surface area contributed by atoms with E-state index in [1.165, 1.54) is 11.8 Å². The van der Waals surface area contributed by atoms with Crippen LogP contribution in [0.5, 0.6) is 5.75 Å². The molecule has 4 aromatic rings. The van der Waals surface area contributed by atoms with Crippen LogP contribution in [0.25, 0.3) is 17.1 Å². The molecule has 0 spiro atoms. The number of thioether (sulfide) groups is 2. The third-order valence-corrected chi connectivity index (χ3v) is 7.13. The van der Waals surface area contributed by atoms with Gasteiger partial charge in [-0.25, -0.2) is 0 Å². The van der Waals surface area contributed by atoms with E-state index >= 15 is 0 Å². The highest BCUT2D eigenvalue weighted by Crippen LogP contribution is 2.35. The lowest BCUT2D eigenvalue weighted by Gasteiger charge is -2.16. The number of anilines is 1. The van der Waals surface area contributed by atoms with Crippen LogP contribution in [-0.2, 0) is 4.79 Å². The lowest BCUT2D eigenvalue weighted by atomic mass is 10.1. The summed E-state index contributed by atoms with van der Waals surface area (Å²) in [7, 11) is 1.64. The van der Waals surface area contributed by atoms with Crippen LogP contribution < -0.4 is 10.1 Å². The minimum atomic E-state index is -0.395. The van der Waals surface area contributed by atoms with Gasteiger partial charge < -0.3 is 10.1 Å². The fourth-order valence-corrected chi connectivity index (χ4v) is 4.89. The maximum absolute atomic E-state index is 13.0. The van der Waals surface area contributed by atoms with Crippen LogP contribution in [0, 0.1) is 6.92 Å². The van der Waals surface area contributed by atoms with Gasteiger partial charge in [-0.15, -0.1) is 22.0 Å².